The zero-order valence-electron chi connectivity index (χ0n) is 15.6. The van der Waals surface area contributed by atoms with Crippen LogP contribution in [0.5, 0.6) is 0 Å². The largest absolute Gasteiger partial charge is 0.283 e. The SMILES string of the molecule is Cc1ccc(CN(C)PCCP(C#CC#CC#CF)C#CC#CC#CF)cc1. The van der Waals surface area contributed by atoms with Gasteiger partial charge in [-0.05, 0) is 66.9 Å². The van der Waals surface area contributed by atoms with Crippen molar-refractivity contribution in [3.63, 3.8) is 0 Å². The van der Waals surface area contributed by atoms with E-state index >= 15 is 0 Å². The summed E-state index contributed by atoms with van der Waals surface area (Å²) in [5.74, 6) is 18.8. The second kappa shape index (κ2) is 15.3. The maximum absolute atomic E-state index is 11.7. The predicted octanol–water partition coefficient (Wildman–Crippen LogP) is 4.29. The van der Waals surface area contributed by atoms with Gasteiger partial charge in [0.25, 0.3) is 0 Å². The number of halogens is 2. The van der Waals surface area contributed by atoms with Crippen LogP contribution in [0.3, 0.4) is 0 Å². The molecule has 1 nitrogen and oxygen atoms in total. The quantitative estimate of drug-likeness (QED) is 0.502. The third-order valence-electron chi connectivity index (χ3n) is 3.11. The number of hydrogen-bond acceptors (Lipinski definition) is 1. The van der Waals surface area contributed by atoms with Crippen molar-refractivity contribution in [2.75, 3.05) is 19.4 Å². The molecule has 0 saturated heterocycles. The standard InChI is InChI=1S/C23H17F2NP2/c1-22-11-13-23(14-12-22)21-26(2)27-17-20-28(18-9-5-3-7-15-24)19-10-6-4-8-16-25/h11-14,27H,17,20-21H2,1-2H3. The Bertz CT molecular complexity index is 953. The van der Waals surface area contributed by atoms with E-state index in [4.69, 9.17) is 0 Å². The zero-order chi connectivity index (χ0) is 20.5. The maximum atomic E-state index is 11.7. The van der Waals surface area contributed by atoms with Gasteiger partial charge in [-0.25, -0.2) is 0 Å². The predicted molar refractivity (Wildman–Crippen MR) is 116 cm³/mol. The highest BCUT2D eigenvalue weighted by atomic mass is 31.1. The number of aryl methyl sites for hydroxylation is 1. The molecular weight excluding hydrogens is 390 g/mol. The molecule has 1 aromatic rings. The van der Waals surface area contributed by atoms with Gasteiger partial charge in [-0.2, -0.15) is 0 Å². The minimum atomic E-state index is -0.927. The van der Waals surface area contributed by atoms with Gasteiger partial charge in [0.2, 0.25) is 0 Å². The number of benzene rings is 1. The minimum absolute atomic E-state index is 0.630. The summed E-state index contributed by atoms with van der Waals surface area (Å²) in [5, 5.41) is 0. The van der Waals surface area contributed by atoms with Gasteiger partial charge in [0.15, 0.2) is 0 Å². The number of rotatable bonds is 6. The molecule has 5 heteroatoms. The summed E-state index contributed by atoms with van der Waals surface area (Å²) < 4.78 is 25.6. The van der Waals surface area contributed by atoms with Crippen molar-refractivity contribution in [3.8, 4) is 71.0 Å². The second-order valence-corrected chi connectivity index (χ2v) is 8.64. The van der Waals surface area contributed by atoms with Crippen LogP contribution in [-0.2, 0) is 6.54 Å². The summed E-state index contributed by atoms with van der Waals surface area (Å²) >= 11 is 0. The highest BCUT2D eigenvalue weighted by Crippen LogP contribution is 2.34. The van der Waals surface area contributed by atoms with E-state index < -0.39 is 7.92 Å². The summed E-state index contributed by atoms with van der Waals surface area (Å²) in [6.07, 6.45) is 4.14. The molecule has 0 aromatic heterocycles. The van der Waals surface area contributed by atoms with E-state index in [0.29, 0.717) is 8.73 Å². The molecule has 28 heavy (non-hydrogen) atoms. The minimum Gasteiger partial charge on any atom is -0.283 e. The van der Waals surface area contributed by atoms with Gasteiger partial charge in [-0.3, -0.25) is 4.67 Å². The molecule has 1 rings (SSSR count). The van der Waals surface area contributed by atoms with Crippen molar-refractivity contribution in [1.29, 1.82) is 0 Å². The lowest BCUT2D eigenvalue weighted by atomic mass is 10.1. The molecule has 0 radical (unpaired) electrons. The van der Waals surface area contributed by atoms with Crippen LogP contribution >= 0.6 is 16.7 Å². The molecule has 0 spiro atoms. The number of hydrogen-bond donors (Lipinski definition) is 0. The molecule has 0 aliphatic rings. The summed E-state index contributed by atoms with van der Waals surface area (Å²) in [5.41, 5.74) is 8.49. The van der Waals surface area contributed by atoms with Gasteiger partial charge in [0, 0.05) is 30.2 Å². The first-order chi connectivity index (χ1) is 13.7. The fourth-order valence-corrected chi connectivity index (χ4v) is 4.51. The van der Waals surface area contributed by atoms with Crippen molar-refractivity contribution >= 4 is 16.7 Å². The summed E-state index contributed by atoms with van der Waals surface area (Å²) in [6, 6.07) is 8.50. The lowest BCUT2D eigenvalue weighted by molar-refractivity contribution is 0.555. The first-order valence-corrected chi connectivity index (χ1v) is 10.8. The lowest BCUT2D eigenvalue weighted by Gasteiger charge is -2.17. The average molecular weight is 407 g/mol. The Balaban J connectivity index is 2.62. The van der Waals surface area contributed by atoms with Crippen LogP contribution in [0.4, 0.5) is 8.78 Å². The molecule has 0 fully saturated rings. The first-order valence-electron chi connectivity index (χ1n) is 8.16. The first kappa shape index (κ1) is 23.3. The van der Waals surface area contributed by atoms with E-state index in [1.54, 1.807) is 0 Å². The van der Waals surface area contributed by atoms with Crippen LogP contribution in [0.2, 0.25) is 0 Å². The summed E-state index contributed by atoms with van der Waals surface area (Å²) in [4.78, 5) is 0. The Labute approximate surface area is 169 Å². The summed E-state index contributed by atoms with van der Waals surface area (Å²) in [7, 11) is 1.79. The highest BCUT2D eigenvalue weighted by molar-refractivity contribution is 7.68. The Hall–Kier alpha value is -2.74. The van der Waals surface area contributed by atoms with Gasteiger partial charge in [0.05, 0.1) is 7.92 Å². The Kier molecular flexibility index (Phi) is 12.8. The molecule has 1 aromatic carbocycles. The van der Waals surface area contributed by atoms with Gasteiger partial charge >= 0.3 is 0 Å². The highest BCUT2D eigenvalue weighted by Gasteiger charge is 2.04. The zero-order valence-corrected chi connectivity index (χ0v) is 17.5. The van der Waals surface area contributed by atoms with Crippen LogP contribution in [0.1, 0.15) is 11.1 Å². The molecule has 0 saturated carbocycles. The monoisotopic (exact) mass is 407 g/mol. The Morgan fingerprint density at radius 3 is 1.93 bits per heavy atom. The van der Waals surface area contributed by atoms with Crippen molar-refractivity contribution in [3.05, 3.63) is 35.4 Å². The third-order valence-corrected chi connectivity index (χ3v) is 6.14. The Morgan fingerprint density at radius 1 is 0.857 bits per heavy atom. The van der Waals surface area contributed by atoms with E-state index in [-0.39, 0.29) is 0 Å². The third kappa shape index (κ3) is 11.8. The molecule has 1 atom stereocenters. The molecule has 0 aliphatic heterocycles. The van der Waals surface area contributed by atoms with Crippen LogP contribution in [0, 0.1) is 78.0 Å². The normalized spacial score (nSPS) is 8.64. The van der Waals surface area contributed by atoms with E-state index in [1.165, 1.54) is 23.5 Å². The lowest BCUT2D eigenvalue weighted by Crippen LogP contribution is -2.08. The van der Waals surface area contributed by atoms with E-state index in [2.05, 4.69) is 89.8 Å². The van der Waals surface area contributed by atoms with Crippen LogP contribution in [-0.4, -0.2) is 24.0 Å². The van der Waals surface area contributed by atoms with Crippen LogP contribution in [0.15, 0.2) is 24.3 Å². The molecule has 0 amide bonds. The molecule has 0 N–H and O–H groups in total. The van der Waals surface area contributed by atoms with Crippen LogP contribution in [0.25, 0.3) is 0 Å². The summed E-state index contributed by atoms with van der Waals surface area (Å²) in [6.45, 7) is 2.96. The van der Waals surface area contributed by atoms with Gasteiger partial charge < -0.3 is 0 Å². The second-order valence-electron chi connectivity index (χ2n) is 5.31. The van der Waals surface area contributed by atoms with E-state index in [1.807, 2.05) is 11.8 Å². The van der Waals surface area contributed by atoms with Gasteiger partial charge in [0.1, 0.15) is 12.3 Å². The maximum Gasteiger partial charge on any atom is 0.119 e. The molecule has 0 aliphatic carbocycles. The van der Waals surface area contributed by atoms with Gasteiger partial charge in [-0.1, -0.05) is 38.6 Å². The number of nitrogens with zero attached hydrogens (tertiary/aromatic N) is 1. The topological polar surface area (TPSA) is 3.24 Å². The van der Waals surface area contributed by atoms with Crippen molar-refractivity contribution in [1.82, 2.24) is 4.67 Å². The van der Waals surface area contributed by atoms with E-state index in [0.717, 1.165) is 18.9 Å². The van der Waals surface area contributed by atoms with Crippen LogP contribution < -0.4 is 0 Å². The molecule has 0 heterocycles. The Morgan fingerprint density at radius 2 is 1.39 bits per heavy atom. The fraction of sp³-hybridized carbons (Fsp3) is 0.217. The molecule has 0 bridgehead atoms. The molecular formula is C23H17F2NP2. The molecule has 1 unspecified atom stereocenters. The van der Waals surface area contributed by atoms with Crippen molar-refractivity contribution < 1.29 is 8.78 Å². The van der Waals surface area contributed by atoms with Crippen molar-refractivity contribution in [2.45, 2.75) is 13.5 Å². The smallest absolute Gasteiger partial charge is 0.119 e. The molecule has 138 valence electrons. The van der Waals surface area contributed by atoms with Crippen molar-refractivity contribution in [2.24, 2.45) is 0 Å². The average Bonchev–Trinajstić information content (AvgIpc) is 2.69. The fourth-order valence-electron chi connectivity index (χ4n) is 1.88. The van der Waals surface area contributed by atoms with Gasteiger partial charge in [-0.15, -0.1) is 8.78 Å². The van der Waals surface area contributed by atoms with E-state index in [9.17, 15) is 8.78 Å².